The molecule has 0 spiro atoms. The molecule has 96 valence electrons. The van der Waals surface area contributed by atoms with Crippen LogP contribution in [0.3, 0.4) is 0 Å². The molecule has 0 aromatic carbocycles. The first-order chi connectivity index (χ1) is 8.60. The van der Waals surface area contributed by atoms with E-state index >= 15 is 0 Å². The number of hydrogen-bond donors (Lipinski definition) is 0. The highest BCUT2D eigenvalue weighted by atomic mass is 35.5. The molecule has 0 atom stereocenters. The Morgan fingerprint density at radius 1 is 1.28 bits per heavy atom. The SMILES string of the molecule is CCn1cnc(Cl)c1CSc1nc(C)cc(C)n1. The Morgan fingerprint density at radius 2 is 1.94 bits per heavy atom. The molecule has 18 heavy (non-hydrogen) atoms. The minimum absolute atomic E-state index is 0.564. The summed E-state index contributed by atoms with van der Waals surface area (Å²) in [4.78, 5) is 12.9. The van der Waals surface area contributed by atoms with Crippen LogP contribution in [0.5, 0.6) is 0 Å². The van der Waals surface area contributed by atoms with Crippen molar-refractivity contribution >= 4 is 23.4 Å². The van der Waals surface area contributed by atoms with Crippen LogP contribution in [-0.4, -0.2) is 19.5 Å². The van der Waals surface area contributed by atoms with Crippen LogP contribution >= 0.6 is 23.4 Å². The number of rotatable bonds is 4. The van der Waals surface area contributed by atoms with E-state index in [1.165, 1.54) is 0 Å². The fraction of sp³-hybridized carbons (Fsp3) is 0.417. The van der Waals surface area contributed by atoms with Gasteiger partial charge in [0.25, 0.3) is 0 Å². The summed E-state index contributed by atoms with van der Waals surface area (Å²) in [5.74, 6) is 0.732. The molecule has 0 amide bonds. The van der Waals surface area contributed by atoms with Gasteiger partial charge in [-0.05, 0) is 26.8 Å². The molecular weight excluding hydrogens is 268 g/mol. The van der Waals surface area contributed by atoms with Crippen LogP contribution in [0.1, 0.15) is 24.0 Å². The lowest BCUT2D eigenvalue weighted by molar-refractivity contribution is 0.733. The second-order valence-corrected chi connectivity index (χ2v) is 5.29. The van der Waals surface area contributed by atoms with E-state index in [-0.39, 0.29) is 0 Å². The molecule has 0 N–H and O–H groups in total. The Hall–Kier alpha value is -1.07. The van der Waals surface area contributed by atoms with Gasteiger partial charge in [0, 0.05) is 23.7 Å². The van der Waals surface area contributed by atoms with E-state index in [9.17, 15) is 0 Å². The molecule has 0 unspecified atom stereocenters. The summed E-state index contributed by atoms with van der Waals surface area (Å²) in [5.41, 5.74) is 2.99. The van der Waals surface area contributed by atoms with Crippen LogP contribution < -0.4 is 0 Å². The van der Waals surface area contributed by atoms with Crippen LogP contribution in [0.15, 0.2) is 17.6 Å². The molecule has 0 saturated heterocycles. The van der Waals surface area contributed by atoms with Crippen molar-refractivity contribution in [3.05, 3.63) is 34.6 Å². The van der Waals surface area contributed by atoms with E-state index in [1.54, 1.807) is 18.1 Å². The van der Waals surface area contributed by atoms with Gasteiger partial charge >= 0.3 is 0 Å². The fourth-order valence-electron chi connectivity index (χ4n) is 1.69. The van der Waals surface area contributed by atoms with Crippen molar-refractivity contribution in [1.82, 2.24) is 19.5 Å². The van der Waals surface area contributed by atoms with Gasteiger partial charge in [-0.15, -0.1) is 0 Å². The van der Waals surface area contributed by atoms with Crippen LogP contribution in [0.4, 0.5) is 0 Å². The molecule has 2 aromatic rings. The van der Waals surface area contributed by atoms with E-state index in [0.29, 0.717) is 5.15 Å². The molecule has 0 radical (unpaired) electrons. The maximum Gasteiger partial charge on any atom is 0.188 e. The van der Waals surface area contributed by atoms with Crippen molar-refractivity contribution in [2.24, 2.45) is 0 Å². The molecule has 0 fully saturated rings. The van der Waals surface area contributed by atoms with Gasteiger partial charge in [0.05, 0.1) is 12.0 Å². The Bertz CT molecular complexity index is 533. The zero-order chi connectivity index (χ0) is 13.1. The smallest absolute Gasteiger partial charge is 0.188 e. The second kappa shape index (κ2) is 5.71. The lowest BCUT2D eigenvalue weighted by Gasteiger charge is -2.06. The summed E-state index contributed by atoms with van der Waals surface area (Å²) in [5, 5.41) is 1.35. The topological polar surface area (TPSA) is 43.6 Å². The van der Waals surface area contributed by atoms with Crippen LogP contribution in [0.2, 0.25) is 5.15 Å². The molecule has 6 heteroatoms. The highest BCUT2D eigenvalue weighted by molar-refractivity contribution is 7.98. The molecule has 2 aromatic heterocycles. The lowest BCUT2D eigenvalue weighted by atomic mass is 10.4. The molecule has 2 rings (SSSR count). The van der Waals surface area contributed by atoms with E-state index in [4.69, 9.17) is 11.6 Å². The Balaban J connectivity index is 2.13. The lowest BCUT2D eigenvalue weighted by Crippen LogP contribution is -1.99. The average Bonchev–Trinajstić information content (AvgIpc) is 2.66. The monoisotopic (exact) mass is 282 g/mol. The number of aryl methyl sites for hydroxylation is 3. The zero-order valence-corrected chi connectivity index (χ0v) is 12.2. The fourth-order valence-corrected chi connectivity index (χ4v) is 2.97. The average molecular weight is 283 g/mol. The molecule has 2 heterocycles. The van der Waals surface area contributed by atoms with Gasteiger partial charge in [0.2, 0.25) is 0 Å². The third-order valence-electron chi connectivity index (χ3n) is 2.54. The number of hydrogen-bond acceptors (Lipinski definition) is 4. The van der Waals surface area contributed by atoms with Gasteiger partial charge in [0.15, 0.2) is 10.3 Å². The van der Waals surface area contributed by atoms with Gasteiger partial charge in [-0.1, -0.05) is 23.4 Å². The van der Waals surface area contributed by atoms with Crippen molar-refractivity contribution in [2.45, 2.75) is 38.2 Å². The molecular formula is C12H15ClN4S. The molecule has 0 saturated carbocycles. The number of imidazole rings is 1. The van der Waals surface area contributed by atoms with Gasteiger partial charge in [-0.2, -0.15) is 0 Å². The van der Waals surface area contributed by atoms with Crippen LogP contribution in [0.25, 0.3) is 0 Å². The number of thioether (sulfide) groups is 1. The number of halogens is 1. The van der Waals surface area contributed by atoms with E-state index in [1.807, 2.05) is 24.5 Å². The predicted octanol–water partition coefficient (Wildman–Crippen LogP) is 3.26. The quantitative estimate of drug-likeness (QED) is 0.638. The maximum absolute atomic E-state index is 6.07. The van der Waals surface area contributed by atoms with Crippen molar-refractivity contribution in [3.63, 3.8) is 0 Å². The van der Waals surface area contributed by atoms with Crippen LogP contribution in [0, 0.1) is 13.8 Å². The summed E-state index contributed by atoms with van der Waals surface area (Å²) in [6, 6.07) is 1.97. The third kappa shape index (κ3) is 3.03. The standard InChI is InChI=1S/C12H15ClN4S/c1-4-17-7-14-11(13)10(17)6-18-12-15-8(2)5-9(3)16-12/h5,7H,4,6H2,1-3H3. The highest BCUT2D eigenvalue weighted by Crippen LogP contribution is 2.24. The van der Waals surface area contributed by atoms with Crippen molar-refractivity contribution in [1.29, 1.82) is 0 Å². The summed E-state index contributed by atoms with van der Waals surface area (Å²) in [6.45, 7) is 6.88. The molecule has 0 aliphatic rings. The van der Waals surface area contributed by atoms with Crippen molar-refractivity contribution in [3.8, 4) is 0 Å². The summed E-state index contributed by atoms with van der Waals surface area (Å²) in [6.07, 6.45) is 1.76. The normalized spacial score (nSPS) is 10.9. The summed E-state index contributed by atoms with van der Waals surface area (Å²) in [7, 11) is 0. The first-order valence-corrected chi connectivity index (χ1v) is 7.11. The largest absolute Gasteiger partial charge is 0.333 e. The Labute approximate surface area is 116 Å². The molecule has 0 bridgehead atoms. The van der Waals surface area contributed by atoms with Gasteiger partial charge < -0.3 is 4.57 Å². The molecule has 4 nitrogen and oxygen atoms in total. The first-order valence-electron chi connectivity index (χ1n) is 5.74. The summed E-state index contributed by atoms with van der Waals surface area (Å²) < 4.78 is 2.04. The second-order valence-electron chi connectivity index (χ2n) is 3.99. The van der Waals surface area contributed by atoms with Gasteiger partial charge in [-0.3, -0.25) is 0 Å². The van der Waals surface area contributed by atoms with Crippen LogP contribution in [-0.2, 0) is 12.3 Å². The Morgan fingerprint density at radius 3 is 2.56 bits per heavy atom. The summed E-state index contributed by atoms with van der Waals surface area (Å²) >= 11 is 7.65. The highest BCUT2D eigenvalue weighted by Gasteiger charge is 2.10. The van der Waals surface area contributed by atoms with E-state index in [2.05, 4.69) is 21.9 Å². The zero-order valence-electron chi connectivity index (χ0n) is 10.6. The number of nitrogens with zero attached hydrogens (tertiary/aromatic N) is 4. The van der Waals surface area contributed by atoms with E-state index in [0.717, 1.165) is 34.5 Å². The molecule has 0 aliphatic heterocycles. The Kier molecular flexibility index (Phi) is 4.24. The minimum atomic E-state index is 0.564. The van der Waals surface area contributed by atoms with Gasteiger partial charge in [0.1, 0.15) is 0 Å². The van der Waals surface area contributed by atoms with Crippen molar-refractivity contribution < 1.29 is 0 Å². The van der Waals surface area contributed by atoms with E-state index < -0.39 is 0 Å². The minimum Gasteiger partial charge on any atom is -0.333 e. The predicted molar refractivity (Wildman–Crippen MR) is 74.0 cm³/mol. The number of aromatic nitrogens is 4. The van der Waals surface area contributed by atoms with Crippen molar-refractivity contribution in [2.75, 3.05) is 0 Å². The first kappa shape index (κ1) is 13.4. The maximum atomic E-state index is 6.07. The molecule has 0 aliphatic carbocycles. The third-order valence-corrected chi connectivity index (χ3v) is 3.71. The van der Waals surface area contributed by atoms with Gasteiger partial charge in [-0.25, -0.2) is 15.0 Å².